The monoisotopic (exact) mass is 238 g/mol. The predicted molar refractivity (Wildman–Crippen MR) is 72.1 cm³/mol. The van der Waals surface area contributed by atoms with Crippen LogP contribution in [-0.4, -0.2) is 54.0 Å². The van der Waals surface area contributed by atoms with Gasteiger partial charge in [0.15, 0.2) is 5.96 Å². The lowest BCUT2D eigenvalue weighted by molar-refractivity contribution is 0.108. The standard InChI is InChI=1S/C13H26N4/c1-10(2)7-15-13(14)17-9-12-5-4-6-16(12)8-11(17)3/h10-12H,4-9H2,1-3H3,(H2,14,15). The van der Waals surface area contributed by atoms with Crippen molar-refractivity contribution < 1.29 is 0 Å². The molecule has 2 N–H and O–H groups in total. The highest BCUT2D eigenvalue weighted by Crippen LogP contribution is 2.24. The third-order valence-electron chi connectivity index (χ3n) is 3.85. The summed E-state index contributed by atoms with van der Waals surface area (Å²) in [5.74, 6) is 1.33. The molecule has 0 saturated carbocycles. The zero-order valence-corrected chi connectivity index (χ0v) is 11.4. The molecule has 0 aromatic carbocycles. The Balaban J connectivity index is 1.97. The third kappa shape index (κ3) is 2.92. The molecule has 0 spiro atoms. The van der Waals surface area contributed by atoms with Crippen LogP contribution in [0.15, 0.2) is 4.99 Å². The van der Waals surface area contributed by atoms with Crippen molar-refractivity contribution in [2.75, 3.05) is 26.2 Å². The average molecular weight is 238 g/mol. The molecule has 2 aliphatic rings. The molecule has 2 atom stereocenters. The fraction of sp³-hybridized carbons (Fsp3) is 0.923. The quantitative estimate of drug-likeness (QED) is 0.579. The average Bonchev–Trinajstić information content (AvgIpc) is 2.71. The molecule has 0 aromatic heterocycles. The Bertz CT molecular complexity index is 287. The van der Waals surface area contributed by atoms with Gasteiger partial charge >= 0.3 is 0 Å². The van der Waals surface area contributed by atoms with Crippen LogP contribution in [0.1, 0.15) is 33.6 Å². The summed E-state index contributed by atoms with van der Waals surface area (Å²) in [5, 5.41) is 0. The highest BCUT2D eigenvalue weighted by molar-refractivity contribution is 5.78. The first-order chi connectivity index (χ1) is 8.08. The van der Waals surface area contributed by atoms with Crippen LogP contribution in [0.3, 0.4) is 0 Å². The van der Waals surface area contributed by atoms with Crippen molar-refractivity contribution in [1.29, 1.82) is 0 Å². The Hall–Kier alpha value is -0.770. The van der Waals surface area contributed by atoms with Crippen LogP contribution >= 0.6 is 0 Å². The largest absolute Gasteiger partial charge is 0.370 e. The van der Waals surface area contributed by atoms with E-state index in [1.54, 1.807) is 0 Å². The fourth-order valence-corrected chi connectivity index (χ4v) is 2.87. The summed E-state index contributed by atoms with van der Waals surface area (Å²) in [4.78, 5) is 9.42. The molecule has 0 aliphatic carbocycles. The second-order valence-corrected chi connectivity index (χ2v) is 5.89. The maximum absolute atomic E-state index is 6.13. The lowest BCUT2D eigenvalue weighted by Crippen LogP contribution is -2.58. The van der Waals surface area contributed by atoms with Crippen LogP contribution in [0, 0.1) is 5.92 Å². The molecule has 17 heavy (non-hydrogen) atoms. The van der Waals surface area contributed by atoms with Gasteiger partial charge in [0, 0.05) is 31.7 Å². The van der Waals surface area contributed by atoms with Gasteiger partial charge in [-0.15, -0.1) is 0 Å². The number of guanidine groups is 1. The summed E-state index contributed by atoms with van der Waals surface area (Å²) in [5.41, 5.74) is 6.13. The number of hydrogen-bond acceptors (Lipinski definition) is 2. The SMILES string of the molecule is CC(C)CN=C(N)N1CC2CCCN2CC1C. The molecular weight excluding hydrogens is 212 g/mol. The zero-order chi connectivity index (χ0) is 12.4. The normalized spacial score (nSPS) is 31.1. The minimum absolute atomic E-state index is 0.500. The highest BCUT2D eigenvalue weighted by Gasteiger charge is 2.34. The van der Waals surface area contributed by atoms with Crippen molar-refractivity contribution in [3.63, 3.8) is 0 Å². The maximum Gasteiger partial charge on any atom is 0.191 e. The van der Waals surface area contributed by atoms with Gasteiger partial charge in [-0.2, -0.15) is 0 Å². The zero-order valence-electron chi connectivity index (χ0n) is 11.4. The summed E-state index contributed by atoms with van der Waals surface area (Å²) in [6.45, 7) is 10.9. The maximum atomic E-state index is 6.13. The van der Waals surface area contributed by atoms with Crippen LogP contribution in [0.4, 0.5) is 0 Å². The van der Waals surface area contributed by atoms with E-state index in [2.05, 4.69) is 35.6 Å². The predicted octanol–water partition coefficient (Wildman–Crippen LogP) is 1.13. The number of hydrogen-bond donors (Lipinski definition) is 1. The topological polar surface area (TPSA) is 44.9 Å². The molecule has 2 unspecified atom stereocenters. The van der Waals surface area contributed by atoms with E-state index in [4.69, 9.17) is 5.73 Å². The van der Waals surface area contributed by atoms with Crippen LogP contribution in [0.5, 0.6) is 0 Å². The van der Waals surface area contributed by atoms with E-state index in [0.29, 0.717) is 18.0 Å². The van der Waals surface area contributed by atoms with E-state index in [1.807, 2.05) is 0 Å². The molecule has 2 saturated heterocycles. The van der Waals surface area contributed by atoms with Gasteiger partial charge in [0.2, 0.25) is 0 Å². The Labute approximate surface area is 105 Å². The molecule has 2 fully saturated rings. The third-order valence-corrected chi connectivity index (χ3v) is 3.85. The second-order valence-electron chi connectivity index (χ2n) is 5.89. The fourth-order valence-electron chi connectivity index (χ4n) is 2.87. The molecular formula is C13H26N4. The lowest BCUT2D eigenvalue weighted by Gasteiger charge is -2.42. The van der Waals surface area contributed by atoms with E-state index in [1.165, 1.54) is 19.4 Å². The van der Waals surface area contributed by atoms with E-state index >= 15 is 0 Å². The smallest absolute Gasteiger partial charge is 0.191 e. The van der Waals surface area contributed by atoms with Gasteiger partial charge in [0.25, 0.3) is 0 Å². The van der Waals surface area contributed by atoms with Crippen molar-refractivity contribution in [2.45, 2.75) is 45.7 Å². The molecule has 4 heteroatoms. The number of rotatable bonds is 2. The van der Waals surface area contributed by atoms with Crippen molar-refractivity contribution in [3.05, 3.63) is 0 Å². The minimum Gasteiger partial charge on any atom is -0.370 e. The Morgan fingerprint density at radius 2 is 2.18 bits per heavy atom. The summed E-state index contributed by atoms with van der Waals surface area (Å²) < 4.78 is 0. The Morgan fingerprint density at radius 3 is 2.88 bits per heavy atom. The molecule has 2 aliphatic heterocycles. The van der Waals surface area contributed by atoms with Gasteiger partial charge < -0.3 is 10.6 Å². The van der Waals surface area contributed by atoms with E-state index < -0.39 is 0 Å². The molecule has 0 bridgehead atoms. The number of nitrogens with two attached hydrogens (primary N) is 1. The summed E-state index contributed by atoms with van der Waals surface area (Å²) in [7, 11) is 0. The van der Waals surface area contributed by atoms with Gasteiger partial charge in [-0.25, -0.2) is 0 Å². The van der Waals surface area contributed by atoms with Crippen molar-refractivity contribution in [1.82, 2.24) is 9.80 Å². The number of nitrogens with zero attached hydrogens (tertiary/aromatic N) is 3. The molecule has 0 radical (unpaired) electrons. The second kappa shape index (κ2) is 5.25. The van der Waals surface area contributed by atoms with E-state index in [0.717, 1.165) is 25.6 Å². The van der Waals surface area contributed by atoms with Crippen molar-refractivity contribution >= 4 is 5.96 Å². The number of piperazine rings is 1. The highest BCUT2D eigenvalue weighted by atomic mass is 15.4. The molecule has 2 rings (SSSR count). The minimum atomic E-state index is 0.500. The van der Waals surface area contributed by atoms with Crippen LogP contribution < -0.4 is 5.73 Å². The molecule has 98 valence electrons. The van der Waals surface area contributed by atoms with Gasteiger partial charge in [-0.05, 0) is 32.2 Å². The summed E-state index contributed by atoms with van der Waals surface area (Å²) in [6.07, 6.45) is 2.66. The molecule has 4 nitrogen and oxygen atoms in total. The van der Waals surface area contributed by atoms with Crippen LogP contribution in [0.25, 0.3) is 0 Å². The van der Waals surface area contributed by atoms with Crippen molar-refractivity contribution in [2.24, 2.45) is 16.6 Å². The first-order valence-corrected chi connectivity index (χ1v) is 6.88. The van der Waals surface area contributed by atoms with Gasteiger partial charge in [0.05, 0.1) is 0 Å². The Kier molecular flexibility index (Phi) is 3.92. The Morgan fingerprint density at radius 1 is 1.41 bits per heavy atom. The summed E-state index contributed by atoms with van der Waals surface area (Å²) in [6, 6.07) is 1.21. The molecule has 0 aromatic rings. The number of fused-ring (bicyclic) bond motifs is 1. The summed E-state index contributed by atoms with van der Waals surface area (Å²) >= 11 is 0. The number of aliphatic imine (C=N–C) groups is 1. The first kappa shape index (κ1) is 12.7. The molecule has 2 heterocycles. The van der Waals surface area contributed by atoms with Crippen LogP contribution in [0.2, 0.25) is 0 Å². The lowest BCUT2D eigenvalue weighted by atomic mass is 10.1. The van der Waals surface area contributed by atoms with Crippen molar-refractivity contribution in [3.8, 4) is 0 Å². The van der Waals surface area contributed by atoms with Gasteiger partial charge in [0.1, 0.15) is 0 Å². The molecule has 0 amide bonds. The van der Waals surface area contributed by atoms with Crippen LogP contribution in [-0.2, 0) is 0 Å². The van der Waals surface area contributed by atoms with Gasteiger partial charge in [-0.3, -0.25) is 9.89 Å². The van der Waals surface area contributed by atoms with Gasteiger partial charge in [-0.1, -0.05) is 13.8 Å². The van der Waals surface area contributed by atoms with E-state index in [9.17, 15) is 0 Å². The van der Waals surface area contributed by atoms with E-state index in [-0.39, 0.29) is 0 Å². The first-order valence-electron chi connectivity index (χ1n) is 6.88.